The third-order valence-corrected chi connectivity index (χ3v) is 5.76. The van der Waals surface area contributed by atoms with Crippen molar-refractivity contribution in [3.8, 4) is 0 Å². The summed E-state index contributed by atoms with van der Waals surface area (Å²) in [6.45, 7) is 5.94. The molecule has 1 unspecified atom stereocenters. The van der Waals surface area contributed by atoms with E-state index in [0.29, 0.717) is 43.1 Å². The zero-order chi connectivity index (χ0) is 20.1. The summed E-state index contributed by atoms with van der Waals surface area (Å²) in [5.41, 5.74) is 0.562. The fraction of sp³-hybridized carbons (Fsp3) is 0.476. The minimum Gasteiger partial charge on any atom is -0.348 e. The van der Waals surface area contributed by atoms with E-state index in [1.807, 2.05) is 4.90 Å². The van der Waals surface area contributed by atoms with Crippen LogP contribution in [0.25, 0.3) is 0 Å². The molecule has 0 bridgehead atoms. The van der Waals surface area contributed by atoms with E-state index >= 15 is 0 Å². The van der Waals surface area contributed by atoms with Gasteiger partial charge in [-0.25, -0.2) is 0 Å². The number of hydrogen-bond acceptors (Lipinski definition) is 3. The topological polar surface area (TPSA) is 69.7 Å². The zero-order valence-electron chi connectivity index (χ0n) is 15.9. The first-order valence-corrected chi connectivity index (χ1v) is 10.1. The molecule has 1 aromatic carbocycles. The molecule has 0 saturated carbocycles. The van der Waals surface area contributed by atoms with E-state index in [2.05, 4.69) is 11.9 Å². The average molecular weight is 404 g/mol. The molecule has 2 heterocycles. The highest BCUT2D eigenvalue weighted by Crippen LogP contribution is 2.22. The van der Waals surface area contributed by atoms with Crippen LogP contribution in [0, 0.1) is 5.92 Å². The third-order valence-electron chi connectivity index (χ3n) is 5.51. The van der Waals surface area contributed by atoms with E-state index in [-0.39, 0.29) is 29.7 Å². The molecule has 2 aliphatic heterocycles. The van der Waals surface area contributed by atoms with E-state index in [1.165, 1.54) is 6.08 Å². The van der Waals surface area contributed by atoms with Crippen LogP contribution in [0.3, 0.4) is 0 Å². The van der Waals surface area contributed by atoms with Gasteiger partial charge in [0.05, 0.1) is 0 Å². The first-order valence-electron chi connectivity index (χ1n) is 9.74. The van der Waals surface area contributed by atoms with E-state index in [0.717, 1.165) is 19.4 Å². The van der Waals surface area contributed by atoms with Crippen LogP contribution in [0.1, 0.15) is 36.0 Å². The van der Waals surface area contributed by atoms with Crippen LogP contribution in [-0.4, -0.2) is 59.7 Å². The fourth-order valence-electron chi connectivity index (χ4n) is 3.90. The first kappa shape index (κ1) is 20.4. The molecule has 3 amide bonds. The van der Waals surface area contributed by atoms with Crippen molar-refractivity contribution in [2.45, 2.75) is 31.7 Å². The van der Waals surface area contributed by atoms with Crippen molar-refractivity contribution in [1.82, 2.24) is 15.1 Å². The molecule has 1 atom stereocenters. The second kappa shape index (κ2) is 9.24. The normalized spacial score (nSPS) is 20.5. The van der Waals surface area contributed by atoms with Crippen molar-refractivity contribution in [2.75, 3.05) is 26.2 Å². The Balaban J connectivity index is 1.52. The van der Waals surface area contributed by atoms with Crippen LogP contribution in [-0.2, 0) is 9.59 Å². The standard InChI is InChI=1S/C21H26ClN3O3/c1-2-19(26)24-12-9-16(10-13-24)21(28)25-11-3-4-18(14-25)23-20(27)15-5-7-17(22)8-6-15/h2,5-8,16,18H,1,3-4,9-14H2,(H,23,27). The number of nitrogens with one attached hydrogen (secondary N) is 1. The molecule has 1 aromatic rings. The highest BCUT2D eigenvalue weighted by Gasteiger charge is 2.32. The Labute approximate surface area is 170 Å². The summed E-state index contributed by atoms with van der Waals surface area (Å²) in [6.07, 6.45) is 4.40. The Morgan fingerprint density at radius 1 is 1.04 bits per heavy atom. The van der Waals surface area contributed by atoms with Crippen molar-refractivity contribution < 1.29 is 14.4 Å². The van der Waals surface area contributed by atoms with Crippen molar-refractivity contribution in [3.63, 3.8) is 0 Å². The van der Waals surface area contributed by atoms with Crippen molar-refractivity contribution in [1.29, 1.82) is 0 Å². The maximum atomic E-state index is 12.9. The molecule has 0 aromatic heterocycles. The van der Waals surface area contributed by atoms with Crippen molar-refractivity contribution >= 4 is 29.3 Å². The predicted molar refractivity (Wildman–Crippen MR) is 108 cm³/mol. The van der Waals surface area contributed by atoms with Crippen molar-refractivity contribution in [2.24, 2.45) is 5.92 Å². The van der Waals surface area contributed by atoms with Crippen LogP contribution in [0.5, 0.6) is 0 Å². The Kier molecular flexibility index (Phi) is 6.73. The largest absolute Gasteiger partial charge is 0.348 e. The van der Waals surface area contributed by atoms with E-state index in [1.54, 1.807) is 29.2 Å². The van der Waals surface area contributed by atoms with Crippen LogP contribution < -0.4 is 5.32 Å². The Hall–Kier alpha value is -2.34. The molecule has 0 radical (unpaired) electrons. The molecule has 7 heteroatoms. The molecule has 28 heavy (non-hydrogen) atoms. The number of piperidine rings is 2. The van der Waals surface area contributed by atoms with Gasteiger partial charge in [-0.15, -0.1) is 0 Å². The number of rotatable bonds is 4. The van der Waals surface area contributed by atoms with Gasteiger partial charge in [0.2, 0.25) is 11.8 Å². The van der Waals surface area contributed by atoms with Gasteiger partial charge in [-0.05, 0) is 56.0 Å². The highest BCUT2D eigenvalue weighted by molar-refractivity contribution is 6.30. The summed E-state index contributed by atoms with van der Waals surface area (Å²) in [5.74, 6) is -0.142. The zero-order valence-corrected chi connectivity index (χ0v) is 16.7. The van der Waals surface area contributed by atoms with Crippen LogP contribution in [0.15, 0.2) is 36.9 Å². The van der Waals surface area contributed by atoms with Crippen LogP contribution in [0.4, 0.5) is 0 Å². The highest BCUT2D eigenvalue weighted by atomic mass is 35.5. The van der Waals surface area contributed by atoms with Gasteiger partial charge < -0.3 is 15.1 Å². The van der Waals surface area contributed by atoms with Gasteiger partial charge in [0, 0.05) is 48.7 Å². The third kappa shape index (κ3) is 4.93. The number of amides is 3. The van der Waals surface area contributed by atoms with Gasteiger partial charge in [-0.2, -0.15) is 0 Å². The Morgan fingerprint density at radius 2 is 1.71 bits per heavy atom. The molecule has 1 N–H and O–H groups in total. The molecule has 3 rings (SSSR count). The second-order valence-electron chi connectivity index (χ2n) is 7.41. The molecule has 0 spiro atoms. The smallest absolute Gasteiger partial charge is 0.251 e. The number of likely N-dealkylation sites (tertiary alicyclic amines) is 2. The Morgan fingerprint density at radius 3 is 2.36 bits per heavy atom. The van der Waals surface area contributed by atoms with Gasteiger partial charge >= 0.3 is 0 Å². The molecule has 2 fully saturated rings. The molecule has 0 aliphatic carbocycles. The maximum absolute atomic E-state index is 12.9. The summed E-state index contributed by atoms with van der Waals surface area (Å²) in [4.78, 5) is 40.6. The lowest BCUT2D eigenvalue weighted by atomic mass is 9.93. The van der Waals surface area contributed by atoms with E-state index < -0.39 is 0 Å². The molecule has 150 valence electrons. The van der Waals surface area contributed by atoms with Gasteiger partial charge in [0.15, 0.2) is 0 Å². The van der Waals surface area contributed by atoms with Gasteiger partial charge in [-0.1, -0.05) is 18.2 Å². The Bertz CT molecular complexity index is 742. The summed E-state index contributed by atoms with van der Waals surface area (Å²) in [5, 5.41) is 3.62. The molecular formula is C21H26ClN3O3. The molecule has 2 saturated heterocycles. The number of carbonyl (C=O) groups excluding carboxylic acids is 3. The second-order valence-corrected chi connectivity index (χ2v) is 7.84. The summed E-state index contributed by atoms with van der Waals surface area (Å²) >= 11 is 5.87. The molecule has 2 aliphatic rings. The molecular weight excluding hydrogens is 378 g/mol. The number of benzene rings is 1. The lowest BCUT2D eigenvalue weighted by Gasteiger charge is -2.37. The summed E-state index contributed by atoms with van der Waals surface area (Å²) in [7, 11) is 0. The van der Waals surface area contributed by atoms with Gasteiger partial charge in [0.1, 0.15) is 0 Å². The quantitative estimate of drug-likeness (QED) is 0.785. The van der Waals surface area contributed by atoms with Crippen molar-refractivity contribution in [3.05, 3.63) is 47.5 Å². The summed E-state index contributed by atoms with van der Waals surface area (Å²) < 4.78 is 0. The van der Waals surface area contributed by atoms with Gasteiger partial charge in [0.25, 0.3) is 5.91 Å². The molecule has 6 nitrogen and oxygen atoms in total. The number of nitrogens with zero attached hydrogens (tertiary/aromatic N) is 2. The number of carbonyl (C=O) groups is 3. The SMILES string of the molecule is C=CC(=O)N1CCC(C(=O)N2CCCC(NC(=O)c3ccc(Cl)cc3)C2)CC1. The maximum Gasteiger partial charge on any atom is 0.251 e. The number of hydrogen-bond donors (Lipinski definition) is 1. The lowest BCUT2D eigenvalue weighted by Crippen LogP contribution is -2.52. The van der Waals surface area contributed by atoms with Crippen LogP contribution in [0.2, 0.25) is 5.02 Å². The monoisotopic (exact) mass is 403 g/mol. The van der Waals surface area contributed by atoms with E-state index in [4.69, 9.17) is 11.6 Å². The van der Waals surface area contributed by atoms with Crippen LogP contribution >= 0.6 is 11.6 Å². The average Bonchev–Trinajstić information content (AvgIpc) is 2.73. The minimum atomic E-state index is -0.146. The van der Waals surface area contributed by atoms with Gasteiger partial charge in [-0.3, -0.25) is 14.4 Å². The minimum absolute atomic E-state index is 0.0525. The number of halogens is 1. The lowest BCUT2D eigenvalue weighted by molar-refractivity contribution is -0.140. The summed E-state index contributed by atoms with van der Waals surface area (Å²) in [6, 6.07) is 6.72. The fourth-order valence-corrected chi connectivity index (χ4v) is 4.03. The predicted octanol–water partition coefficient (Wildman–Crippen LogP) is 2.49. The van der Waals surface area contributed by atoms with E-state index in [9.17, 15) is 14.4 Å². The first-order chi connectivity index (χ1) is 13.5.